The lowest BCUT2D eigenvalue weighted by Gasteiger charge is -2.19. The van der Waals surface area contributed by atoms with Crippen molar-refractivity contribution in [1.29, 1.82) is 0 Å². The first-order valence-corrected chi connectivity index (χ1v) is 16.1. The summed E-state index contributed by atoms with van der Waals surface area (Å²) in [5.74, 6) is 0.0428. The van der Waals surface area contributed by atoms with Crippen LogP contribution in [0.5, 0.6) is 0 Å². The zero-order valence-electron chi connectivity index (χ0n) is 27.2. The number of rotatable bonds is 28. The highest BCUT2D eigenvalue weighted by Gasteiger charge is 2.29. The van der Waals surface area contributed by atoms with Gasteiger partial charge in [-0.25, -0.2) is 4.79 Å². The molecule has 12 heteroatoms. The summed E-state index contributed by atoms with van der Waals surface area (Å²) in [5.41, 5.74) is 10.1. The summed E-state index contributed by atoms with van der Waals surface area (Å²) in [6.07, 6.45) is -0.362. The monoisotopic (exact) mass is 648 g/mol. The third-order valence-electron chi connectivity index (χ3n) is 7.09. The molecule has 3 rings (SSSR count). The first kappa shape index (κ1) is 37.8. The molecule has 0 saturated heterocycles. The Bertz CT molecular complexity index is 1030. The molecule has 46 heavy (non-hydrogen) atoms. The van der Waals surface area contributed by atoms with Crippen molar-refractivity contribution in [3.8, 4) is 11.1 Å². The molecule has 0 aliphatic heterocycles. The summed E-state index contributed by atoms with van der Waals surface area (Å²) in [6, 6.07) is 16.6. The number of hydrogen-bond donors (Lipinski definition) is 1. The summed E-state index contributed by atoms with van der Waals surface area (Å²) in [4.78, 5) is 14.1. The van der Waals surface area contributed by atoms with Crippen molar-refractivity contribution in [1.82, 2.24) is 4.90 Å². The third-order valence-corrected chi connectivity index (χ3v) is 7.09. The van der Waals surface area contributed by atoms with Gasteiger partial charge in [0.2, 0.25) is 0 Å². The molecule has 258 valence electrons. The van der Waals surface area contributed by atoms with Crippen molar-refractivity contribution < 1.29 is 47.4 Å². The Morgan fingerprint density at radius 3 is 1.30 bits per heavy atom. The van der Waals surface area contributed by atoms with E-state index in [9.17, 15) is 4.79 Å². The molecule has 0 bridgehead atoms. The van der Waals surface area contributed by atoms with Gasteiger partial charge in [0.1, 0.15) is 6.61 Å². The lowest BCUT2D eigenvalue weighted by Crippen LogP contribution is -2.32. The lowest BCUT2D eigenvalue weighted by atomic mass is 9.98. The number of carbonyl (C=O) groups excluding carboxylic acids is 1. The number of amides is 1. The Labute approximate surface area is 273 Å². The summed E-state index contributed by atoms with van der Waals surface area (Å²) >= 11 is 0. The van der Waals surface area contributed by atoms with Crippen LogP contribution in [0, 0.1) is 0 Å². The Balaban J connectivity index is 1.04. The van der Waals surface area contributed by atoms with Crippen LogP contribution in [0.25, 0.3) is 11.1 Å². The van der Waals surface area contributed by atoms with Gasteiger partial charge < -0.3 is 53.3 Å². The lowest BCUT2D eigenvalue weighted by molar-refractivity contribution is -0.0232. The van der Waals surface area contributed by atoms with Gasteiger partial charge in [-0.05, 0) is 22.3 Å². The predicted octanol–water partition coefficient (Wildman–Crippen LogP) is 2.96. The van der Waals surface area contributed by atoms with Crippen LogP contribution in [0.2, 0.25) is 0 Å². The molecule has 0 saturated carbocycles. The first-order valence-electron chi connectivity index (χ1n) is 16.1. The smallest absolute Gasteiger partial charge is 0.409 e. The fourth-order valence-corrected chi connectivity index (χ4v) is 4.72. The number of hydrogen-bond acceptors (Lipinski definition) is 11. The third kappa shape index (κ3) is 14.8. The van der Waals surface area contributed by atoms with Gasteiger partial charge in [0.15, 0.2) is 0 Å². The van der Waals surface area contributed by atoms with E-state index in [1.807, 2.05) is 24.3 Å². The molecule has 0 unspecified atom stereocenters. The SMILES string of the molecule is CN(CCOCCOCCOCCOCCOCCOCCOCCOCCN)C(=O)OCC1c2ccccc2-c2ccccc21. The van der Waals surface area contributed by atoms with Gasteiger partial charge in [-0.2, -0.15) is 0 Å². The van der Waals surface area contributed by atoms with Gasteiger partial charge in [0, 0.05) is 26.1 Å². The van der Waals surface area contributed by atoms with E-state index in [1.54, 1.807) is 7.05 Å². The highest BCUT2D eigenvalue weighted by molar-refractivity contribution is 5.79. The normalized spacial score (nSPS) is 12.3. The molecule has 0 radical (unpaired) electrons. The molecule has 2 N–H and O–H groups in total. The van der Waals surface area contributed by atoms with Crippen molar-refractivity contribution in [3.63, 3.8) is 0 Å². The van der Waals surface area contributed by atoms with E-state index in [4.69, 9.17) is 48.4 Å². The van der Waals surface area contributed by atoms with Crippen LogP contribution >= 0.6 is 0 Å². The minimum atomic E-state index is -0.362. The number of carbonyl (C=O) groups is 1. The highest BCUT2D eigenvalue weighted by atomic mass is 16.6. The van der Waals surface area contributed by atoms with Crippen molar-refractivity contribution >= 4 is 6.09 Å². The molecular weight excluding hydrogens is 596 g/mol. The fourth-order valence-electron chi connectivity index (χ4n) is 4.72. The van der Waals surface area contributed by atoms with Crippen LogP contribution in [0.3, 0.4) is 0 Å². The van der Waals surface area contributed by atoms with Crippen LogP contribution in [0.1, 0.15) is 17.0 Å². The van der Waals surface area contributed by atoms with Crippen LogP contribution < -0.4 is 5.73 Å². The van der Waals surface area contributed by atoms with E-state index in [-0.39, 0.29) is 12.0 Å². The number of nitrogens with zero attached hydrogens (tertiary/aromatic N) is 1. The second-order valence-corrected chi connectivity index (χ2v) is 10.4. The summed E-state index contributed by atoms with van der Waals surface area (Å²) in [6.45, 7) is 9.18. The van der Waals surface area contributed by atoms with Crippen molar-refractivity contribution in [3.05, 3.63) is 59.7 Å². The van der Waals surface area contributed by atoms with E-state index >= 15 is 0 Å². The summed E-state index contributed by atoms with van der Waals surface area (Å²) < 4.78 is 49.3. The molecule has 0 spiro atoms. The summed E-state index contributed by atoms with van der Waals surface area (Å²) in [5, 5.41) is 0. The van der Waals surface area contributed by atoms with E-state index in [0.717, 1.165) is 0 Å². The van der Waals surface area contributed by atoms with Crippen molar-refractivity contribution in [2.45, 2.75) is 5.92 Å². The zero-order chi connectivity index (χ0) is 32.5. The molecule has 0 aromatic heterocycles. The maximum atomic E-state index is 12.6. The maximum absolute atomic E-state index is 12.6. The van der Waals surface area contributed by atoms with Crippen LogP contribution in [-0.2, 0) is 42.6 Å². The maximum Gasteiger partial charge on any atom is 0.409 e. The first-order chi connectivity index (χ1) is 22.7. The van der Waals surface area contributed by atoms with Crippen molar-refractivity contribution in [2.75, 3.05) is 132 Å². The van der Waals surface area contributed by atoms with Crippen molar-refractivity contribution in [2.24, 2.45) is 5.73 Å². The Kier molecular flexibility index (Phi) is 20.1. The molecule has 1 amide bonds. The van der Waals surface area contributed by atoms with E-state index in [0.29, 0.717) is 125 Å². The molecule has 1 aliphatic carbocycles. The summed E-state index contributed by atoms with van der Waals surface area (Å²) in [7, 11) is 1.71. The molecule has 12 nitrogen and oxygen atoms in total. The standard InChI is InChI=1S/C34H52N2O10/c1-36(34(37)46-28-33-31-8-4-2-6-29(31)30-7-3-5-9-32(30)33)11-13-39-15-17-41-19-21-43-23-25-45-27-26-44-24-22-42-20-18-40-16-14-38-12-10-35/h2-9,33H,10-28,35H2,1H3. The van der Waals surface area contributed by atoms with Gasteiger partial charge in [-0.3, -0.25) is 0 Å². The second-order valence-electron chi connectivity index (χ2n) is 10.4. The van der Waals surface area contributed by atoms with Crippen LogP contribution in [0.4, 0.5) is 4.79 Å². The van der Waals surface area contributed by atoms with Crippen LogP contribution in [-0.4, -0.2) is 143 Å². The van der Waals surface area contributed by atoms with Gasteiger partial charge in [-0.1, -0.05) is 48.5 Å². The Morgan fingerprint density at radius 1 is 0.565 bits per heavy atom. The number of fused-ring (bicyclic) bond motifs is 3. The molecule has 0 fully saturated rings. The molecule has 0 heterocycles. The highest BCUT2D eigenvalue weighted by Crippen LogP contribution is 2.44. The predicted molar refractivity (Wildman–Crippen MR) is 173 cm³/mol. The van der Waals surface area contributed by atoms with Gasteiger partial charge in [-0.15, -0.1) is 0 Å². The number of likely N-dealkylation sites (N-methyl/N-ethyl adjacent to an activating group) is 1. The number of benzene rings is 2. The Morgan fingerprint density at radius 2 is 0.913 bits per heavy atom. The molecule has 2 aromatic carbocycles. The van der Waals surface area contributed by atoms with Gasteiger partial charge in [0.05, 0.1) is 106 Å². The van der Waals surface area contributed by atoms with E-state index in [2.05, 4.69) is 24.3 Å². The van der Waals surface area contributed by atoms with Gasteiger partial charge in [0.25, 0.3) is 0 Å². The Hall–Kier alpha value is -2.65. The minimum Gasteiger partial charge on any atom is -0.448 e. The molecule has 2 aromatic rings. The number of nitrogens with two attached hydrogens (primary N) is 1. The van der Waals surface area contributed by atoms with Gasteiger partial charge >= 0.3 is 6.09 Å². The molecular formula is C34H52N2O10. The quantitative estimate of drug-likeness (QED) is 0.137. The van der Waals surface area contributed by atoms with E-state index < -0.39 is 0 Å². The second kappa shape index (κ2) is 24.5. The molecule has 1 aliphatic rings. The minimum absolute atomic E-state index is 0.0428. The zero-order valence-corrected chi connectivity index (χ0v) is 27.2. The topological polar surface area (TPSA) is 129 Å². The average molecular weight is 649 g/mol. The number of ether oxygens (including phenoxy) is 9. The fraction of sp³-hybridized carbons (Fsp3) is 0.618. The average Bonchev–Trinajstić information content (AvgIpc) is 3.40. The molecule has 0 atom stereocenters. The van der Waals surface area contributed by atoms with Crippen LogP contribution in [0.15, 0.2) is 48.5 Å². The van der Waals surface area contributed by atoms with E-state index in [1.165, 1.54) is 27.2 Å². The largest absolute Gasteiger partial charge is 0.448 e.